The highest BCUT2D eigenvalue weighted by molar-refractivity contribution is 7.99. The molecule has 0 fully saturated rings. The standard InChI is InChI=1S/C24H25N3O3S/c1-16-7-6-10-20(17(16)2)26-12-11-25-24(26)31-15-22(28)27-14-19-9-5-4-8-18(19)13-21(27)23(29)30-3/h4-12,21H,13-15H2,1-3H3/t21-/m0/s1. The summed E-state index contributed by atoms with van der Waals surface area (Å²) < 4.78 is 6.98. The fraction of sp³-hybridized carbons (Fsp3) is 0.292. The molecular formula is C24H25N3O3S. The molecule has 1 aromatic heterocycles. The number of thioether (sulfide) groups is 1. The summed E-state index contributed by atoms with van der Waals surface area (Å²) in [4.78, 5) is 31.6. The first-order chi connectivity index (χ1) is 15.0. The Morgan fingerprint density at radius 2 is 1.90 bits per heavy atom. The summed E-state index contributed by atoms with van der Waals surface area (Å²) in [5.74, 6) is -0.299. The second-order valence-corrected chi connectivity index (χ2v) is 8.56. The Kier molecular flexibility index (Phi) is 6.13. The number of fused-ring (bicyclic) bond motifs is 1. The maximum atomic E-state index is 13.2. The summed E-state index contributed by atoms with van der Waals surface area (Å²) in [7, 11) is 1.36. The number of aromatic nitrogens is 2. The van der Waals surface area contributed by atoms with Gasteiger partial charge in [-0.15, -0.1) is 0 Å². The number of aryl methyl sites for hydroxylation is 1. The number of carbonyl (C=O) groups excluding carboxylic acids is 2. The van der Waals surface area contributed by atoms with E-state index in [1.165, 1.54) is 30.0 Å². The molecule has 1 aliphatic heterocycles. The first kappa shape index (κ1) is 21.2. The number of amides is 1. The second kappa shape index (κ2) is 8.98. The Labute approximate surface area is 186 Å². The molecule has 1 aliphatic rings. The number of carbonyl (C=O) groups is 2. The molecule has 2 aromatic carbocycles. The van der Waals surface area contributed by atoms with Gasteiger partial charge in [0.15, 0.2) is 5.16 Å². The van der Waals surface area contributed by atoms with Crippen LogP contribution >= 0.6 is 11.8 Å². The molecule has 7 heteroatoms. The smallest absolute Gasteiger partial charge is 0.328 e. The molecule has 4 rings (SSSR count). The lowest BCUT2D eigenvalue weighted by Gasteiger charge is -2.35. The van der Waals surface area contributed by atoms with Crippen molar-refractivity contribution in [2.75, 3.05) is 12.9 Å². The van der Waals surface area contributed by atoms with Crippen LogP contribution in [0.3, 0.4) is 0 Å². The van der Waals surface area contributed by atoms with Gasteiger partial charge in [-0.3, -0.25) is 9.36 Å². The first-order valence-corrected chi connectivity index (χ1v) is 11.1. The lowest BCUT2D eigenvalue weighted by Crippen LogP contribution is -2.49. The zero-order chi connectivity index (χ0) is 22.0. The Bertz CT molecular complexity index is 1120. The summed E-state index contributed by atoms with van der Waals surface area (Å²) in [6.45, 7) is 4.56. The Balaban J connectivity index is 1.53. The molecule has 0 aliphatic carbocycles. The van der Waals surface area contributed by atoms with Gasteiger partial charge in [0, 0.05) is 25.4 Å². The van der Waals surface area contributed by atoms with E-state index in [0.717, 1.165) is 22.0 Å². The maximum Gasteiger partial charge on any atom is 0.328 e. The van der Waals surface area contributed by atoms with Gasteiger partial charge in [-0.05, 0) is 42.2 Å². The van der Waals surface area contributed by atoms with Crippen LogP contribution in [0.15, 0.2) is 60.0 Å². The van der Waals surface area contributed by atoms with Crippen LogP contribution in [0.1, 0.15) is 22.3 Å². The van der Waals surface area contributed by atoms with Crippen molar-refractivity contribution in [2.45, 2.75) is 38.0 Å². The minimum atomic E-state index is -0.605. The van der Waals surface area contributed by atoms with Gasteiger partial charge in [0.05, 0.1) is 18.6 Å². The molecule has 1 atom stereocenters. The monoisotopic (exact) mass is 435 g/mol. The normalized spacial score (nSPS) is 15.5. The molecule has 0 N–H and O–H groups in total. The number of hydrogen-bond donors (Lipinski definition) is 0. The fourth-order valence-corrected chi connectivity index (χ4v) is 4.77. The number of hydrogen-bond acceptors (Lipinski definition) is 5. The van der Waals surface area contributed by atoms with Crippen molar-refractivity contribution >= 4 is 23.6 Å². The summed E-state index contributed by atoms with van der Waals surface area (Å²) in [6, 6.07) is 13.4. The molecule has 0 radical (unpaired) electrons. The van der Waals surface area contributed by atoms with Crippen LogP contribution in [0, 0.1) is 13.8 Å². The Hall–Kier alpha value is -3.06. The van der Waals surface area contributed by atoms with Crippen molar-refractivity contribution in [3.05, 3.63) is 77.1 Å². The third-order valence-electron chi connectivity index (χ3n) is 5.81. The van der Waals surface area contributed by atoms with Gasteiger partial charge in [0.25, 0.3) is 0 Å². The zero-order valence-electron chi connectivity index (χ0n) is 17.9. The van der Waals surface area contributed by atoms with Crippen molar-refractivity contribution in [2.24, 2.45) is 0 Å². The fourth-order valence-electron chi connectivity index (χ4n) is 3.92. The topological polar surface area (TPSA) is 64.4 Å². The number of ether oxygens (including phenoxy) is 1. The van der Waals surface area contributed by atoms with Crippen LogP contribution in [0.4, 0.5) is 0 Å². The van der Waals surface area contributed by atoms with Gasteiger partial charge in [-0.2, -0.15) is 0 Å². The highest BCUT2D eigenvalue weighted by Gasteiger charge is 2.35. The van der Waals surface area contributed by atoms with Crippen molar-refractivity contribution in [3.63, 3.8) is 0 Å². The van der Waals surface area contributed by atoms with Crippen LogP contribution < -0.4 is 0 Å². The molecule has 3 aromatic rings. The van der Waals surface area contributed by atoms with E-state index in [2.05, 4.69) is 24.9 Å². The van der Waals surface area contributed by atoms with E-state index < -0.39 is 6.04 Å². The maximum absolute atomic E-state index is 13.2. The molecule has 0 unspecified atom stereocenters. The van der Waals surface area contributed by atoms with Gasteiger partial charge in [-0.1, -0.05) is 48.2 Å². The van der Waals surface area contributed by atoms with E-state index in [0.29, 0.717) is 13.0 Å². The van der Waals surface area contributed by atoms with Gasteiger partial charge in [-0.25, -0.2) is 9.78 Å². The second-order valence-electron chi connectivity index (χ2n) is 7.62. The van der Waals surface area contributed by atoms with Crippen molar-refractivity contribution in [3.8, 4) is 5.69 Å². The number of rotatable bonds is 5. The molecule has 6 nitrogen and oxygen atoms in total. The number of methoxy groups -OCH3 is 1. The molecule has 0 saturated heterocycles. The Morgan fingerprint density at radius 3 is 2.68 bits per heavy atom. The van der Waals surface area contributed by atoms with E-state index in [1.807, 2.05) is 47.2 Å². The number of imidazole rings is 1. The highest BCUT2D eigenvalue weighted by Crippen LogP contribution is 2.27. The first-order valence-electron chi connectivity index (χ1n) is 10.2. The predicted octanol–water partition coefficient (Wildman–Crippen LogP) is 3.71. The van der Waals surface area contributed by atoms with Crippen LogP contribution in [0.2, 0.25) is 0 Å². The van der Waals surface area contributed by atoms with E-state index >= 15 is 0 Å². The summed E-state index contributed by atoms with van der Waals surface area (Å²) >= 11 is 1.38. The lowest BCUT2D eigenvalue weighted by molar-refractivity contribution is -0.153. The largest absolute Gasteiger partial charge is 0.467 e. The summed E-state index contributed by atoms with van der Waals surface area (Å²) in [5, 5.41) is 0.745. The molecule has 2 heterocycles. The van der Waals surface area contributed by atoms with E-state index in [-0.39, 0.29) is 17.6 Å². The highest BCUT2D eigenvalue weighted by atomic mass is 32.2. The molecule has 1 amide bonds. The number of benzene rings is 2. The third-order valence-corrected chi connectivity index (χ3v) is 6.76. The molecule has 160 valence electrons. The van der Waals surface area contributed by atoms with Gasteiger partial charge in [0.2, 0.25) is 5.91 Å². The Morgan fingerprint density at radius 1 is 1.13 bits per heavy atom. The number of nitrogens with zero attached hydrogens (tertiary/aromatic N) is 3. The van der Waals surface area contributed by atoms with E-state index in [9.17, 15) is 9.59 Å². The van der Waals surface area contributed by atoms with Crippen molar-refractivity contribution in [1.29, 1.82) is 0 Å². The lowest BCUT2D eigenvalue weighted by atomic mass is 9.94. The van der Waals surface area contributed by atoms with Crippen molar-refractivity contribution < 1.29 is 14.3 Å². The minimum absolute atomic E-state index is 0.106. The average Bonchev–Trinajstić information content (AvgIpc) is 3.26. The van der Waals surface area contributed by atoms with Crippen LogP contribution in [-0.4, -0.2) is 45.2 Å². The van der Waals surface area contributed by atoms with Gasteiger partial charge in [0.1, 0.15) is 6.04 Å². The van der Waals surface area contributed by atoms with Crippen LogP contribution in [0.25, 0.3) is 5.69 Å². The van der Waals surface area contributed by atoms with Crippen LogP contribution in [-0.2, 0) is 27.3 Å². The summed E-state index contributed by atoms with van der Waals surface area (Å²) in [5.41, 5.74) is 5.57. The summed E-state index contributed by atoms with van der Waals surface area (Å²) in [6.07, 6.45) is 4.11. The van der Waals surface area contributed by atoms with Crippen LogP contribution in [0.5, 0.6) is 0 Å². The average molecular weight is 436 g/mol. The third kappa shape index (κ3) is 4.23. The van der Waals surface area contributed by atoms with E-state index in [4.69, 9.17) is 4.74 Å². The van der Waals surface area contributed by atoms with Gasteiger partial charge >= 0.3 is 5.97 Å². The molecule has 0 bridgehead atoms. The molecule has 31 heavy (non-hydrogen) atoms. The predicted molar refractivity (Wildman–Crippen MR) is 120 cm³/mol. The minimum Gasteiger partial charge on any atom is -0.467 e. The van der Waals surface area contributed by atoms with E-state index in [1.54, 1.807) is 11.1 Å². The molecule has 0 saturated carbocycles. The molecule has 0 spiro atoms. The van der Waals surface area contributed by atoms with Crippen molar-refractivity contribution in [1.82, 2.24) is 14.5 Å². The molecular weight excluding hydrogens is 410 g/mol. The van der Waals surface area contributed by atoms with Gasteiger partial charge < -0.3 is 9.64 Å². The quantitative estimate of drug-likeness (QED) is 0.452. The SMILES string of the molecule is COC(=O)[C@@H]1Cc2ccccc2CN1C(=O)CSc1nccn1-c1cccc(C)c1C. The number of esters is 1. The zero-order valence-corrected chi connectivity index (χ0v) is 18.7.